The van der Waals surface area contributed by atoms with E-state index in [-0.39, 0.29) is 0 Å². The van der Waals surface area contributed by atoms with Crippen LogP contribution < -0.4 is 5.32 Å². The Hall–Kier alpha value is -2.06. The van der Waals surface area contributed by atoms with Gasteiger partial charge in [-0.25, -0.2) is 0 Å². The minimum absolute atomic E-state index is 1.09. The van der Waals surface area contributed by atoms with Crippen molar-refractivity contribution in [3.05, 3.63) is 76.3 Å². The fourth-order valence-corrected chi connectivity index (χ4v) is 3.23. The zero-order chi connectivity index (χ0) is 14.9. The molecule has 108 valence electrons. The van der Waals surface area contributed by atoms with Crippen LogP contribution in [0.2, 0.25) is 0 Å². The monoisotopic (exact) mass is 349 g/mol. The number of benzene rings is 3. The lowest BCUT2D eigenvalue weighted by Gasteiger charge is -2.13. The summed E-state index contributed by atoms with van der Waals surface area (Å²) in [7, 11) is 0. The molecule has 0 bridgehead atoms. The number of hydrogen-bond acceptors (Lipinski definition) is 1. The van der Waals surface area contributed by atoms with E-state index in [2.05, 4.69) is 75.9 Å². The molecule has 0 aromatic heterocycles. The molecule has 0 unspecified atom stereocenters. The maximum atomic E-state index is 3.46. The van der Waals surface area contributed by atoms with E-state index in [1.165, 1.54) is 21.9 Å². The third kappa shape index (κ3) is 2.67. The number of aryl methyl sites for hydroxylation is 1. The molecule has 1 nitrogen and oxygen atoms in total. The molecule has 0 atom stereocenters. The normalized spacial score (nSPS) is 13.1. The molecule has 3 aromatic rings. The van der Waals surface area contributed by atoms with Crippen molar-refractivity contribution in [1.82, 2.24) is 0 Å². The van der Waals surface area contributed by atoms with Crippen LogP contribution in [0, 0.1) is 0 Å². The van der Waals surface area contributed by atoms with Crippen LogP contribution in [0.5, 0.6) is 0 Å². The van der Waals surface area contributed by atoms with Crippen molar-refractivity contribution in [2.45, 2.75) is 12.8 Å². The summed E-state index contributed by atoms with van der Waals surface area (Å²) < 4.78 is 1.09. The number of halogens is 1. The highest BCUT2D eigenvalue weighted by atomic mass is 79.9. The second-order valence-electron chi connectivity index (χ2n) is 5.69. The van der Waals surface area contributed by atoms with Crippen molar-refractivity contribution in [1.29, 1.82) is 0 Å². The Bertz CT molecular complexity index is 863. The molecule has 0 saturated heterocycles. The lowest BCUT2D eigenvalue weighted by atomic mass is 9.94. The molecule has 1 aliphatic rings. The van der Waals surface area contributed by atoms with Crippen LogP contribution in [-0.4, -0.2) is 0 Å². The van der Waals surface area contributed by atoms with Crippen LogP contribution in [0.3, 0.4) is 0 Å². The fourth-order valence-electron chi connectivity index (χ4n) is 2.96. The van der Waals surface area contributed by atoms with Gasteiger partial charge in [0.15, 0.2) is 0 Å². The molecule has 0 amide bonds. The largest absolute Gasteiger partial charge is 0.356 e. The molecule has 4 rings (SSSR count). The highest BCUT2D eigenvalue weighted by Gasteiger charge is 2.06. The Morgan fingerprint density at radius 3 is 2.50 bits per heavy atom. The molecular formula is C20H16BrN. The van der Waals surface area contributed by atoms with E-state index in [1.54, 1.807) is 0 Å². The second kappa shape index (κ2) is 5.62. The average Bonchev–Trinajstić information content (AvgIpc) is 2.55. The lowest BCUT2D eigenvalue weighted by Crippen LogP contribution is -1.95. The third-order valence-corrected chi connectivity index (χ3v) is 4.64. The summed E-state index contributed by atoms with van der Waals surface area (Å²) >= 11 is 3.46. The fraction of sp³-hybridized carbons (Fsp3) is 0.100. The molecule has 1 N–H and O–H groups in total. The minimum atomic E-state index is 1.09. The molecule has 0 fully saturated rings. The molecule has 0 spiro atoms. The van der Waals surface area contributed by atoms with Crippen LogP contribution in [0.1, 0.15) is 17.5 Å². The third-order valence-electron chi connectivity index (χ3n) is 4.11. The number of rotatable bonds is 2. The van der Waals surface area contributed by atoms with Crippen LogP contribution in [0.25, 0.3) is 16.8 Å². The summed E-state index contributed by atoms with van der Waals surface area (Å²) in [6.07, 6.45) is 6.81. The van der Waals surface area contributed by atoms with Crippen LogP contribution in [0.15, 0.2) is 65.1 Å². The van der Waals surface area contributed by atoms with Crippen molar-refractivity contribution >= 4 is 44.2 Å². The standard InChI is InChI=1S/C20H16BrN/c21-18-6-9-19(10-7-18)22-20-8-5-16-11-14-3-1-2-4-15(14)12-17(16)13-20/h2,4-13,22H,1,3H2. The first-order valence-corrected chi connectivity index (χ1v) is 8.33. The summed E-state index contributed by atoms with van der Waals surface area (Å²) in [5.41, 5.74) is 5.04. The summed E-state index contributed by atoms with van der Waals surface area (Å²) in [5.74, 6) is 0. The van der Waals surface area contributed by atoms with Gasteiger partial charge in [-0.3, -0.25) is 0 Å². The Balaban J connectivity index is 1.71. The van der Waals surface area contributed by atoms with Crippen molar-refractivity contribution in [3.8, 4) is 0 Å². The first-order chi connectivity index (χ1) is 10.8. The molecule has 0 aliphatic heterocycles. The van der Waals surface area contributed by atoms with Gasteiger partial charge in [-0.1, -0.05) is 40.2 Å². The molecule has 0 radical (unpaired) electrons. The van der Waals surface area contributed by atoms with Crippen LogP contribution in [0.4, 0.5) is 11.4 Å². The van der Waals surface area contributed by atoms with Gasteiger partial charge in [-0.15, -0.1) is 0 Å². The zero-order valence-corrected chi connectivity index (χ0v) is 13.7. The number of fused-ring (bicyclic) bond motifs is 2. The van der Waals surface area contributed by atoms with Gasteiger partial charge in [0.1, 0.15) is 0 Å². The van der Waals surface area contributed by atoms with E-state index in [4.69, 9.17) is 0 Å². The van der Waals surface area contributed by atoms with E-state index in [1.807, 2.05) is 12.1 Å². The first-order valence-electron chi connectivity index (χ1n) is 7.54. The maximum absolute atomic E-state index is 3.46. The van der Waals surface area contributed by atoms with Crippen molar-refractivity contribution < 1.29 is 0 Å². The van der Waals surface area contributed by atoms with Crippen molar-refractivity contribution in [3.63, 3.8) is 0 Å². The maximum Gasteiger partial charge on any atom is 0.0390 e. The molecule has 0 heterocycles. The summed E-state index contributed by atoms with van der Waals surface area (Å²) in [4.78, 5) is 0. The van der Waals surface area contributed by atoms with Gasteiger partial charge in [0.05, 0.1) is 0 Å². The minimum Gasteiger partial charge on any atom is -0.356 e. The molecule has 22 heavy (non-hydrogen) atoms. The molecule has 3 aromatic carbocycles. The van der Waals surface area contributed by atoms with Crippen LogP contribution >= 0.6 is 15.9 Å². The SMILES string of the molecule is Brc1ccc(Nc2ccc3cc4c(cc3c2)C=CCC4)cc1. The molecule has 2 heteroatoms. The lowest BCUT2D eigenvalue weighted by molar-refractivity contribution is 0.989. The van der Waals surface area contributed by atoms with Gasteiger partial charge >= 0.3 is 0 Å². The smallest absolute Gasteiger partial charge is 0.0390 e. The summed E-state index contributed by atoms with van der Waals surface area (Å²) in [5, 5.41) is 6.06. The second-order valence-corrected chi connectivity index (χ2v) is 6.60. The average molecular weight is 350 g/mol. The number of hydrogen-bond donors (Lipinski definition) is 1. The van der Waals surface area contributed by atoms with E-state index in [0.717, 1.165) is 28.7 Å². The van der Waals surface area contributed by atoms with E-state index in [0.29, 0.717) is 0 Å². The summed E-state index contributed by atoms with van der Waals surface area (Å²) in [6, 6.07) is 19.4. The zero-order valence-electron chi connectivity index (χ0n) is 12.1. The number of anilines is 2. The van der Waals surface area contributed by atoms with Gasteiger partial charge in [-0.2, -0.15) is 0 Å². The van der Waals surface area contributed by atoms with Crippen LogP contribution in [-0.2, 0) is 6.42 Å². The number of nitrogens with one attached hydrogen (secondary N) is 1. The number of allylic oxidation sites excluding steroid dienone is 1. The molecule has 1 aliphatic carbocycles. The Labute approximate surface area is 138 Å². The van der Waals surface area contributed by atoms with Gasteiger partial charge in [-0.05, 0) is 77.2 Å². The Morgan fingerprint density at radius 1 is 0.818 bits per heavy atom. The van der Waals surface area contributed by atoms with Crippen molar-refractivity contribution in [2.24, 2.45) is 0 Å². The first kappa shape index (κ1) is 13.6. The van der Waals surface area contributed by atoms with Gasteiger partial charge in [0.25, 0.3) is 0 Å². The quantitative estimate of drug-likeness (QED) is 0.571. The molecule has 0 saturated carbocycles. The Morgan fingerprint density at radius 2 is 1.64 bits per heavy atom. The predicted octanol–water partition coefficient (Wildman–Crippen LogP) is 6.31. The van der Waals surface area contributed by atoms with Gasteiger partial charge < -0.3 is 5.32 Å². The molecular weight excluding hydrogens is 334 g/mol. The highest BCUT2D eigenvalue weighted by molar-refractivity contribution is 9.10. The highest BCUT2D eigenvalue weighted by Crippen LogP contribution is 2.28. The van der Waals surface area contributed by atoms with E-state index in [9.17, 15) is 0 Å². The topological polar surface area (TPSA) is 12.0 Å². The van der Waals surface area contributed by atoms with Crippen molar-refractivity contribution in [2.75, 3.05) is 5.32 Å². The summed E-state index contributed by atoms with van der Waals surface area (Å²) in [6.45, 7) is 0. The van der Waals surface area contributed by atoms with E-state index < -0.39 is 0 Å². The van der Waals surface area contributed by atoms with E-state index >= 15 is 0 Å². The predicted molar refractivity (Wildman–Crippen MR) is 98.7 cm³/mol. The van der Waals surface area contributed by atoms with Gasteiger partial charge in [0.2, 0.25) is 0 Å². The van der Waals surface area contributed by atoms with Gasteiger partial charge in [0, 0.05) is 15.8 Å². The Kier molecular flexibility index (Phi) is 3.47.